The molecule has 8 heteroatoms. The van der Waals surface area contributed by atoms with Gasteiger partial charge in [0.15, 0.2) is 0 Å². The number of hydrogen-bond acceptors (Lipinski definition) is 6. The zero-order valence-corrected chi connectivity index (χ0v) is 19.3. The molecule has 33 heavy (non-hydrogen) atoms. The maximum atomic E-state index is 11.9. The van der Waals surface area contributed by atoms with E-state index in [9.17, 15) is 9.59 Å². The zero-order valence-electron chi connectivity index (χ0n) is 19.3. The number of nitrogens with one attached hydrogen (secondary N) is 2. The minimum absolute atomic E-state index is 0.151. The average molecular weight is 453 g/mol. The van der Waals surface area contributed by atoms with Crippen molar-refractivity contribution < 1.29 is 19.1 Å². The van der Waals surface area contributed by atoms with Crippen molar-refractivity contribution in [1.29, 1.82) is 0 Å². The monoisotopic (exact) mass is 452 g/mol. The summed E-state index contributed by atoms with van der Waals surface area (Å²) in [6.45, 7) is 5.10. The minimum atomic E-state index is -0.151. The van der Waals surface area contributed by atoms with Gasteiger partial charge in [0.25, 0.3) is 0 Å². The fourth-order valence-corrected chi connectivity index (χ4v) is 2.85. The summed E-state index contributed by atoms with van der Waals surface area (Å²) < 4.78 is 10.8. The highest BCUT2D eigenvalue weighted by Gasteiger charge is 2.02. The number of nitrogens with zero attached hydrogens (tertiary/aromatic N) is 2. The molecule has 0 radical (unpaired) electrons. The molecular weight excluding hydrogens is 420 g/mol. The first-order chi connectivity index (χ1) is 16.1. The maximum absolute atomic E-state index is 11.9. The third-order valence-corrected chi connectivity index (χ3v) is 4.50. The quantitative estimate of drug-likeness (QED) is 0.257. The van der Waals surface area contributed by atoms with E-state index in [-0.39, 0.29) is 11.8 Å². The van der Waals surface area contributed by atoms with E-state index in [4.69, 9.17) is 9.47 Å². The largest absolute Gasteiger partial charge is 0.494 e. The van der Waals surface area contributed by atoms with E-state index >= 15 is 0 Å². The Morgan fingerprint density at radius 1 is 0.697 bits per heavy atom. The predicted molar refractivity (Wildman–Crippen MR) is 130 cm³/mol. The first-order valence-electron chi connectivity index (χ1n) is 11.2. The summed E-state index contributed by atoms with van der Waals surface area (Å²) >= 11 is 0. The van der Waals surface area contributed by atoms with Crippen molar-refractivity contribution in [1.82, 2.24) is 10.9 Å². The fraction of sp³-hybridized carbons (Fsp3) is 0.360. The molecule has 0 aliphatic heterocycles. The Bertz CT molecular complexity index is 834. The topological polar surface area (TPSA) is 101 Å². The average Bonchev–Trinajstić information content (AvgIpc) is 2.81. The van der Waals surface area contributed by atoms with Crippen molar-refractivity contribution in [2.75, 3.05) is 13.2 Å². The normalized spacial score (nSPS) is 11.0. The molecule has 0 heterocycles. The Morgan fingerprint density at radius 2 is 1.09 bits per heavy atom. The van der Waals surface area contributed by atoms with Crippen molar-refractivity contribution in [2.24, 2.45) is 10.2 Å². The van der Waals surface area contributed by atoms with Crippen molar-refractivity contribution in [3.8, 4) is 11.5 Å². The Labute approximate surface area is 195 Å². The molecule has 0 atom stereocenters. The van der Waals surface area contributed by atoms with E-state index in [2.05, 4.69) is 21.1 Å². The number of amides is 2. The number of rotatable bonds is 14. The molecule has 2 N–H and O–H groups in total. The van der Waals surface area contributed by atoms with Crippen molar-refractivity contribution >= 4 is 24.2 Å². The lowest BCUT2D eigenvalue weighted by Gasteiger charge is -2.03. The number of carbonyl (C=O) groups excluding carboxylic acids is 2. The Balaban J connectivity index is 1.54. The molecule has 0 fully saturated rings. The summed E-state index contributed by atoms with van der Waals surface area (Å²) in [5.41, 5.74) is 6.78. The lowest BCUT2D eigenvalue weighted by atomic mass is 10.1. The van der Waals surface area contributed by atoms with Crippen molar-refractivity contribution in [3.05, 3.63) is 59.7 Å². The number of unbranched alkanes of at least 4 members (excludes halogenated alkanes) is 2. The van der Waals surface area contributed by atoms with Gasteiger partial charge in [-0.2, -0.15) is 10.2 Å². The van der Waals surface area contributed by atoms with Gasteiger partial charge >= 0.3 is 0 Å². The third-order valence-electron chi connectivity index (χ3n) is 4.50. The minimum Gasteiger partial charge on any atom is -0.494 e. The van der Waals surface area contributed by atoms with E-state index < -0.39 is 0 Å². The summed E-state index contributed by atoms with van der Waals surface area (Å²) in [5.74, 6) is 1.29. The molecule has 2 amide bonds. The maximum Gasteiger partial charge on any atom is 0.240 e. The highest BCUT2D eigenvalue weighted by Crippen LogP contribution is 2.11. The molecule has 2 aromatic carbocycles. The molecule has 0 saturated carbocycles. The number of carbonyl (C=O) groups is 2. The molecule has 0 spiro atoms. The van der Waals surface area contributed by atoms with Crippen LogP contribution in [0, 0.1) is 0 Å². The van der Waals surface area contributed by atoms with Crippen LogP contribution in [-0.4, -0.2) is 37.5 Å². The molecule has 0 aromatic heterocycles. The van der Waals surface area contributed by atoms with Gasteiger partial charge in [-0.25, -0.2) is 10.9 Å². The highest BCUT2D eigenvalue weighted by molar-refractivity contribution is 5.83. The second kappa shape index (κ2) is 15.2. The van der Waals surface area contributed by atoms with Crippen LogP contribution in [-0.2, 0) is 9.59 Å². The first-order valence-corrected chi connectivity index (χ1v) is 11.2. The van der Waals surface area contributed by atoms with E-state index in [0.29, 0.717) is 38.9 Å². The molecule has 0 unspecified atom stereocenters. The second-order valence-corrected chi connectivity index (χ2v) is 7.15. The fourth-order valence-electron chi connectivity index (χ4n) is 2.85. The lowest BCUT2D eigenvalue weighted by Crippen LogP contribution is -2.18. The van der Waals surface area contributed by atoms with Crippen LogP contribution in [0.25, 0.3) is 0 Å². The molecule has 0 bridgehead atoms. The number of hydrazone groups is 2. The van der Waals surface area contributed by atoms with Crippen LogP contribution in [0.4, 0.5) is 0 Å². The van der Waals surface area contributed by atoms with Crippen LogP contribution in [0.2, 0.25) is 0 Å². The van der Waals surface area contributed by atoms with Gasteiger partial charge in [0, 0.05) is 12.8 Å². The third kappa shape index (κ3) is 11.0. The van der Waals surface area contributed by atoms with Crippen LogP contribution in [0.1, 0.15) is 57.1 Å². The molecule has 2 aromatic rings. The van der Waals surface area contributed by atoms with Crippen LogP contribution >= 0.6 is 0 Å². The van der Waals surface area contributed by atoms with Gasteiger partial charge in [-0.3, -0.25) is 9.59 Å². The van der Waals surface area contributed by atoms with Gasteiger partial charge in [-0.05, 0) is 86.3 Å². The van der Waals surface area contributed by atoms with E-state index in [1.807, 2.05) is 62.4 Å². The molecule has 176 valence electrons. The smallest absolute Gasteiger partial charge is 0.240 e. The summed E-state index contributed by atoms with van der Waals surface area (Å²) in [6.07, 6.45) is 6.04. The zero-order chi connectivity index (χ0) is 23.7. The van der Waals surface area contributed by atoms with Gasteiger partial charge in [0.2, 0.25) is 11.8 Å². The number of ether oxygens (including phenoxy) is 2. The van der Waals surface area contributed by atoms with Crippen LogP contribution in [0.5, 0.6) is 11.5 Å². The van der Waals surface area contributed by atoms with Gasteiger partial charge in [0.05, 0.1) is 25.6 Å². The van der Waals surface area contributed by atoms with Crippen molar-refractivity contribution in [3.63, 3.8) is 0 Å². The number of hydrogen-bond donors (Lipinski definition) is 2. The Kier molecular flexibility index (Phi) is 11.8. The lowest BCUT2D eigenvalue weighted by molar-refractivity contribution is -0.121. The van der Waals surface area contributed by atoms with Gasteiger partial charge < -0.3 is 9.47 Å². The number of benzene rings is 2. The summed E-state index contributed by atoms with van der Waals surface area (Å²) in [5, 5.41) is 7.93. The molecule has 0 aliphatic carbocycles. The van der Waals surface area contributed by atoms with Crippen molar-refractivity contribution in [2.45, 2.75) is 46.0 Å². The van der Waals surface area contributed by atoms with E-state index in [1.54, 1.807) is 12.4 Å². The Morgan fingerprint density at radius 3 is 1.45 bits per heavy atom. The van der Waals surface area contributed by atoms with Crippen LogP contribution in [0.15, 0.2) is 58.7 Å². The van der Waals surface area contributed by atoms with Crippen LogP contribution in [0.3, 0.4) is 0 Å². The molecule has 0 aliphatic rings. The van der Waals surface area contributed by atoms with Gasteiger partial charge in [-0.1, -0.05) is 6.42 Å². The molecule has 8 nitrogen and oxygen atoms in total. The summed E-state index contributed by atoms with van der Waals surface area (Å²) in [6, 6.07) is 14.9. The van der Waals surface area contributed by atoms with Gasteiger partial charge in [0.1, 0.15) is 11.5 Å². The SMILES string of the molecule is CCOc1ccc(/C=N/NC(=O)CCCCCC(=O)N/N=C/c2ccc(OCC)cc2)cc1. The standard InChI is InChI=1S/C25H32N4O4/c1-3-32-22-14-10-20(11-15-22)18-26-28-24(30)8-6-5-7-9-25(31)29-27-19-21-12-16-23(17-13-21)33-4-2/h10-19H,3-9H2,1-2H3,(H,28,30)(H,29,31)/b26-18+,27-19+. The van der Waals surface area contributed by atoms with Gasteiger partial charge in [-0.15, -0.1) is 0 Å². The first kappa shape index (κ1) is 25.6. The second-order valence-electron chi connectivity index (χ2n) is 7.15. The molecular formula is C25H32N4O4. The molecule has 2 rings (SSSR count). The molecule has 0 saturated heterocycles. The van der Waals surface area contributed by atoms with E-state index in [0.717, 1.165) is 29.0 Å². The predicted octanol–water partition coefficient (Wildman–Crippen LogP) is 4.03. The van der Waals surface area contributed by atoms with Crippen LogP contribution < -0.4 is 20.3 Å². The summed E-state index contributed by atoms with van der Waals surface area (Å²) in [4.78, 5) is 23.7. The Hall–Kier alpha value is -3.68. The summed E-state index contributed by atoms with van der Waals surface area (Å²) in [7, 11) is 0. The van der Waals surface area contributed by atoms with E-state index in [1.165, 1.54) is 0 Å². The highest BCUT2D eigenvalue weighted by atomic mass is 16.5.